The summed E-state index contributed by atoms with van der Waals surface area (Å²) in [4.78, 5) is 12.9. The van der Waals surface area contributed by atoms with E-state index in [4.69, 9.17) is 5.73 Å². The molecule has 0 saturated carbocycles. The van der Waals surface area contributed by atoms with Crippen molar-refractivity contribution in [3.63, 3.8) is 0 Å². The number of benzene rings is 1. The van der Waals surface area contributed by atoms with Crippen molar-refractivity contribution >= 4 is 11.6 Å². The lowest BCUT2D eigenvalue weighted by Crippen LogP contribution is -2.43. The van der Waals surface area contributed by atoms with Crippen LogP contribution in [0.4, 0.5) is 23.2 Å². The highest BCUT2D eigenvalue weighted by molar-refractivity contribution is 5.79. The van der Waals surface area contributed by atoms with Gasteiger partial charge in [0.2, 0.25) is 5.91 Å². The van der Waals surface area contributed by atoms with Crippen LogP contribution >= 0.6 is 0 Å². The summed E-state index contributed by atoms with van der Waals surface area (Å²) in [6.07, 6.45) is -3.64. The summed E-state index contributed by atoms with van der Waals surface area (Å²) in [5, 5.41) is 2.73. The smallest absolute Gasteiger partial charge is 0.418 e. The molecule has 0 unspecified atom stereocenters. The number of anilines is 1. The number of hydrogen-bond donors (Lipinski definition) is 1. The van der Waals surface area contributed by atoms with E-state index < -0.39 is 17.6 Å². The first-order chi connectivity index (χ1) is 10.3. The Kier molecular flexibility index (Phi) is 4.90. The average Bonchev–Trinajstić information content (AvgIpc) is 2.46. The summed E-state index contributed by atoms with van der Waals surface area (Å²) in [5.41, 5.74) is 5.84. The summed E-state index contributed by atoms with van der Waals surface area (Å²) < 4.78 is 52.0. The molecule has 0 atom stereocenters. The van der Waals surface area contributed by atoms with Crippen LogP contribution in [0, 0.1) is 5.82 Å². The molecule has 0 radical (unpaired) electrons. The van der Waals surface area contributed by atoms with Crippen LogP contribution in [-0.2, 0) is 11.0 Å². The predicted molar refractivity (Wildman–Crippen MR) is 73.8 cm³/mol. The maximum absolute atomic E-state index is 13.2. The largest absolute Gasteiger partial charge is 0.670 e. The second kappa shape index (κ2) is 6.51. The zero-order valence-electron chi connectivity index (χ0n) is 11.7. The Morgan fingerprint density at radius 3 is 2.50 bits per heavy atom. The van der Waals surface area contributed by atoms with Gasteiger partial charge < -0.3 is 16.0 Å². The summed E-state index contributed by atoms with van der Waals surface area (Å²) in [7, 11) is 0. The minimum absolute atomic E-state index is 0.266. The standard InChI is InChI=1S/C14H16F4N3O/c15-9-1-2-11(14(16,17)18)12(7-9)20-10-3-5-21(6-4-10)13(22)8-19/h1-2,7,10,19-20H,3-6,8H2/q-1. The van der Waals surface area contributed by atoms with Crippen LogP contribution in [0.5, 0.6) is 0 Å². The minimum Gasteiger partial charge on any atom is -0.670 e. The number of nitrogens with zero attached hydrogens (tertiary/aromatic N) is 1. The third-order valence-electron chi connectivity index (χ3n) is 3.65. The molecular weight excluding hydrogens is 302 g/mol. The zero-order valence-corrected chi connectivity index (χ0v) is 11.7. The first kappa shape index (κ1) is 16.5. The molecule has 8 heteroatoms. The number of likely N-dealkylation sites (tertiary alicyclic amines) is 1. The second-order valence-electron chi connectivity index (χ2n) is 5.16. The Hall–Kier alpha value is -1.83. The van der Waals surface area contributed by atoms with Crippen molar-refractivity contribution in [1.82, 2.24) is 4.90 Å². The van der Waals surface area contributed by atoms with Gasteiger partial charge in [-0.05, 0) is 31.0 Å². The van der Waals surface area contributed by atoms with E-state index >= 15 is 0 Å². The highest BCUT2D eigenvalue weighted by atomic mass is 19.4. The molecular formula is C14H16F4N3O-. The Balaban J connectivity index is 2.06. The number of halogens is 4. The number of carbonyl (C=O) groups excluding carboxylic acids is 1. The third kappa shape index (κ3) is 3.88. The molecule has 1 aromatic carbocycles. The molecule has 0 aromatic heterocycles. The van der Waals surface area contributed by atoms with E-state index in [1.54, 1.807) is 0 Å². The molecule has 1 amide bonds. The normalized spacial score (nSPS) is 16.7. The van der Waals surface area contributed by atoms with Gasteiger partial charge >= 0.3 is 6.18 Å². The lowest BCUT2D eigenvalue weighted by Gasteiger charge is -2.34. The van der Waals surface area contributed by atoms with E-state index in [1.165, 1.54) is 4.90 Å². The summed E-state index contributed by atoms with van der Waals surface area (Å²) in [6, 6.07) is 2.07. The van der Waals surface area contributed by atoms with Crippen molar-refractivity contribution in [3.8, 4) is 0 Å². The van der Waals surface area contributed by atoms with E-state index in [0.29, 0.717) is 25.9 Å². The number of piperidine rings is 1. The van der Waals surface area contributed by atoms with Gasteiger partial charge in [0.15, 0.2) is 0 Å². The maximum atomic E-state index is 13.2. The first-order valence-electron chi connectivity index (χ1n) is 6.87. The molecule has 4 nitrogen and oxygen atoms in total. The minimum atomic E-state index is -4.56. The van der Waals surface area contributed by atoms with E-state index in [1.807, 2.05) is 0 Å². The Morgan fingerprint density at radius 2 is 1.95 bits per heavy atom. The molecule has 1 heterocycles. The summed E-state index contributed by atoms with van der Waals surface area (Å²) in [6.45, 7) is 0.429. The number of hydrogen-bond acceptors (Lipinski definition) is 2. The molecule has 1 saturated heterocycles. The van der Waals surface area contributed by atoms with E-state index in [-0.39, 0.29) is 24.2 Å². The quantitative estimate of drug-likeness (QED) is 0.869. The molecule has 1 fully saturated rings. The molecule has 1 aliphatic heterocycles. The Labute approximate surface area is 125 Å². The number of carbonyl (C=O) groups is 1. The molecule has 0 bridgehead atoms. The number of alkyl halides is 3. The molecule has 122 valence electrons. The van der Waals surface area contributed by atoms with Gasteiger partial charge in [-0.25, -0.2) is 4.39 Å². The van der Waals surface area contributed by atoms with E-state index in [2.05, 4.69) is 5.32 Å². The van der Waals surface area contributed by atoms with Crippen LogP contribution in [0.15, 0.2) is 18.2 Å². The molecule has 0 spiro atoms. The van der Waals surface area contributed by atoms with E-state index in [0.717, 1.165) is 18.2 Å². The van der Waals surface area contributed by atoms with Gasteiger partial charge in [0.05, 0.1) is 5.56 Å². The summed E-state index contributed by atoms with van der Waals surface area (Å²) in [5.74, 6) is -1.03. The highest BCUT2D eigenvalue weighted by Gasteiger charge is 2.34. The van der Waals surface area contributed by atoms with Crippen LogP contribution in [0.25, 0.3) is 5.73 Å². The van der Waals surface area contributed by atoms with Crippen molar-refractivity contribution < 1.29 is 22.4 Å². The number of nitrogens with one attached hydrogen (secondary N) is 2. The van der Waals surface area contributed by atoms with Crippen molar-refractivity contribution in [2.24, 2.45) is 0 Å². The molecule has 22 heavy (non-hydrogen) atoms. The fraction of sp³-hybridized carbons (Fsp3) is 0.500. The molecule has 1 aliphatic rings. The molecule has 2 rings (SSSR count). The first-order valence-corrected chi connectivity index (χ1v) is 6.87. The lowest BCUT2D eigenvalue weighted by molar-refractivity contribution is -0.137. The van der Waals surface area contributed by atoms with Crippen molar-refractivity contribution in [3.05, 3.63) is 35.3 Å². The third-order valence-corrected chi connectivity index (χ3v) is 3.65. The van der Waals surface area contributed by atoms with Gasteiger partial charge in [-0.3, -0.25) is 4.79 Å². The van der Waals surface area contributed by atoms with Gasteiger partial charge in [0.1, 0.15) is 5.82 Å². The van der Waals surface area contributed by atoms with Crippen molar-refractivity contribution in [1.29, 1.82) is 0 Å². The second-order valence-corrected chi connectivity index (χ2v) is 5.16. The Morgan fingerprint density at radius 1 is 1.32 bits per heavy atom. The monoisotopic (exact) mass is 318 g/mol. The average molecular weight is 318 g/mol. The van der Waals surface area contributed by atoms with Crippen LogP contribution in [0.1, 0.15) is 18.4 Å². The predicted octanol–water partition coefficient (Wildman–Crippen LogP) is 3.30. The van der Waals surface area contributed by atoms with Crippen LogP contribution in [0.3, 0.4) is 0 Å². The molecule has 0 aliphatic carbocycles. The van der Waals surface area contributed by atoms with Gasteiger partial charge in [-0.15, -0.1) is 0 Å². The maximum Gasteiger partial charge on any atom is 0.418 e. The topological polar surface area (TPSA) is 56.1 Å². The Bertz CT molecular complexity index is 539. The summed E-state index contributed by atoms with van der Waals surface area (Å²) >= 11 is 0. The SMILES string of the molecule is [NH-]CC(=O)N1CCC(Nc2cc(F)ccc2C(F)(F)F)CC1. The fourth-order valence-corrected chi connectivity index (χ4v) is 2.49. The fourth-order valence-electron chi connectivity index (χ4n) is 2.49. The molecule has 2 N–H and O–H groups in total. The van der Waals surface area contributed by atoms with Crippen LogP contribution in [-0.4, -0.2) is 36.5 Å². The van der Waals surface area contributed by atoms with E-state index in [9.17, 15) is 22.4 Å². The van der Waals surface area contributed by atoms with Crippen LogP contribution < -0.4 is 5.32 Å². The number of rotatable bonds is 3. The zero-order chi connectivity index (χ0) is 16.3. The van der Waals surface area contributed by atoms with Gasteiger partial charge in [-0.1, -0.05) is 6.54 Å². The highest BCUT2D eigenvalue weighted by Crippen LogP contribution is 2.36. The van der Waals surface area contributed by atoms with Gasteiger partial charge in [-0.2, -0.15) is 13.2 Å². The van der Waals surface area contributed by atoms with Crippen molar-refractivity contribution in [2.45, 2.75) is 25.1 Å². The van der Waals surface area contributed by atoms with Crippen LogP contribution in [0.2, 0.25) is 0 Å². The van der Waals surface area contributed by atoms with Gasteiger partial charge in [0.25, 0.3) is 0 Å². The lowest BCUT2D eigenvalue weighted by atomic mass is 10.0. The van der Waals surface area contributed by atoms with Gasteiger partial charge in [0, 0.05) is 24.8 Å². The van der Waals surface area contributed by atoms with Crippen molar-refractivity contribution in [2.75, 3.05) is 25.0 Å². The molecule has 1 aromatic rings. The number of amides is 1.